The van der Waals surface area contributed by atoms with E-state index in [9.17, 15) is 4.79 Å². The maximum atomic E-state index is 13.0. The van der Waals surface area contributed by atoms with Crippen LogP contribution in [0.2, 0.25) is 0 Å². The molecule has 156 valence electrons. The Hall–Kier alpha value is -3.35. The molecule has 0 aromatic heterocycles. The molecule has 0 atom stereocenters. The van der Waals surface area contributed by atoms with Crippen molar-refractivity contribution in [2.75, 3.05) is 10.2 Å². The minimum atomic E-state index is -0.531. The van der Waals surface area contributed by atoms with Gasteiger partial charge in [-0.1, -0.05) is 24.6 Å². The van der Waals surface area contributed by atoms with Gasteiger partial charge in [-0.25, -0.2) is 4.99 Å². The molecule has 30 heavy (non-hydrogen) atoms. The second-order valence-corrected chi connectivity index (χ2v) is 8.07. The molecule has 0 bridgehead atoms. The first-order valence-corrected chi connectivity index (χ1v) is 10.4. The number of rotatable bonds is 3. The van der Waals surface area contributed by atoms with Gasteiger partial charge in [0.05, 0.1) is 0 Å². The number of nitrogens with zero attached hydrogens (tertiary/aromatic N) is 3. The van der Waals surface area contributed by atoms with Crippen molar-refractivity contribution in [3.8, 4) is 0 Å². The van der Waals surface area contributed by atoms with E-state index in [1.807, 2.05) is 55.1 Å². The van der Waals surface area contributed by atoms with Crippen molar-refractivity contribution >= 4 is 29.2 Å². The number of nitrogens with one attached hydrogen (secondary N) is 1. The standard InChI is InChI=1S/C23H28N6O/c1-15-8-6-11-19(16(15)2)26-20(30)17-9-7-10-18(14-17)29-22(25)27-21(24)28-23(29)12-4-3-5-13-23/h6-11,14H,3-5,12-13H2,1-2H3,(H,26,30)(H4,24,25,27,28). The van der Waals surface area contributed by atoms with E-state index in [1.165, 1.54) is 6.42 Å². The van der Waals surface area contributed by atoms with Crippen LogP contribution >= 0.6 is 0 Å². The number of hydrogen-bond donors (Lipinski definition) is 3. The highest BCUT2D eigenvalue weighted by molar-refractivity contribution is 6.08. The Kier molecular flexibility index (Phi) is 5.20. The average molecular weight is 405 g/mol. The molecular weight excluding hydrogens is 376 g/mol. The van der Waals surface area contributed by atoms with Gasteiger partial charge in [0.25, 0.3) is 5.91 Å². The number of hydrogen-bond acceptors (Lipinski definition) is 6. The highest BCUT2D eigenvalue weighted by atomic mass is 16.1. The maximum absolute atomic E-state index is 13.0. The van der Waals surface area contributed by atoms with Crippen LogP contribution in [-0.4, -0.2) is 23.5 Å². The second kappa shape index (κ2) is 7.82. The Morgan fingerprint density at radius 2 is 1.80 bits per heavy atom. The fraction of sp³-hybridized carbons (Fsp3) is 0.348. The van der Waals surface area contributed by atoms with Gasteiger partial charge in [0.1, 0.15) is 5.66 Å². The molecule has 2 aromatic rings. The zero-order valence-electron chi connectivity index (χ0n) is 17.5. The van der Waals surface area contributed by atoms with Crippen molar-refractivity contribution in [1.82, 2.24) is 0 Å². The molecule has 5 N–H and O–H groups in total. The predicted octanol–water partition coefficient (Wildman–Crippen LogP) is 3.67. The smallest absolute Gasteiger partial charge is 0.255 e. The summed E-state index contributed by atoms with van der Waals surface area (Å²) in [5, 5.41) is 3.02. The van der Waals surface area contributed by atoms with Crippen molar-refractivity contribution < 1.29 is 4.79 Å². The lowest BCUT2D eigenvalue weighted by atomic mass is 9.87. The summed E-state index contributed by atoms with van der Waals surface area (Å²) in [6, 6.07) is 13.3. The minimum Gasteiger partial charge on any atom is -0.369 e. The van der Waals surface area contributed by atoms with E-state index in [1.54, 1.807) is 6.07 Å². The Morgan fingerprint density at radius 3 is 2.57 bits per heavy atom. The third-order valence-corrected chi connectivity index (χ3v) is 6.07. The first-order valence-electron chi connectivity index (χ1n) is 10.4. The van der Waals surface area contributed by atoms with Gasteiger partial charge < -0.3 is 16.8 Å². The van der Waals surface area contributed by atoms with Crippen molar-refractivity contribution in [2.45, 2.75) is 51.6 Å². The second-order valence-electron chi connectivity index (χ2n) is 8.07. The van der Waals surface area contributed by atoms with E-state index in [0.29, 0.717) is 11.5 Å². The molecule has 4 rings (SSSR count). The average Bonchev–Trinajstić information content (AvgIpc) is 2.71. The van der Waals surface area contributed by atoms with E-state index >= 15 is 0 Å². The molecule has 2 aromatic carbocycles. The fourth-order valence-corrected chi connectivity index (χ4v) is 4.36. The molecule has 1 heterocycles. The topological polar surface area (TPSA) is 109 Å². The molecule has 1 fully saturated rings. The third kappa shape index (κ3) is 3.63. The lowest BCUT2D eigenvalue weighted by molar-refractivity contribution is 0.102. The summed E-state index contributed by atoms with van der Waals surface area (Å²) < 4.78 is 0. The number of carbonyl (C=O) groups excluding carboxylic acids is 1. The van der Waals surface area contributed by atoms with Gasteiger partial charge in [0.2, 0.25) is 11.9 Å². The van der Waals surface area contributed by atoms with Crippen molar-refractivity contribution in [2.24, 2.45) is 21.5 Å². The summed E-state index contributed by atoms with van der Waals surface area (Å²) >= 11 is 0. The third-order valence-electron chi connectivity index (χ3n) is 6.07. The molecule has 7 nitrogen and oxygen atoms in total. The fourth-order valence-electron chi connectivity index (χ4n) is 4.36. The van der Waals surface area contributed by atoms with Gasteiger partial charge in [0.15, 0.2) is 0 Å². The summed E-state index contributed by atoms with van der Waals surface area (Å²) in [5.74, 6) is 0.365. The van der Waals surface area contributed by atoms with E-state index in [0.717, 1.165) is 48.2 Å². The van der Waals surface area contributed by atoms with Gasteiger partial charge in [-0.15, -0.1) is 0 Å². The molecule has 1 aliphatic heterocycles. The molecular formula is C23H28N6O. The Bertz CT molecular complexity index is 1040. The number of carbonyl (C=O) groups is 1. The molecule has 1 saturated carbocycles. The van der Waals surface area contributed by atoms with Crippen LogP contribution in [0.15, 0.2) is 52.4 Å². The van der Waals surface area contributed by atoms with Crippen LogP contribution in [0.5, 0.6) is 0 Å². The highest BCUT2D eigenvalue weighted by Gasteiger charge is 2.42. The predicted molar refractivity (Wildman–Crippen MR) is 122 cm³/mol. The quantitative estimate of drug-likeness (QED) is 0.725. The molecule has 7 heteroatoms. The van der Waals surface area contributed by atoms with Gasteiger partial charge in [-0.2, -0.15) is 4.99 Å². The molecule has 0 unspecified atom stereocenters. The Labute approximate surface area is 176 Å². The number of aryl methyl sites for hydroxylation is 1. The van der Waals surface area contributed by atoms with Gasteiger partial charge >= 0.3 is 0 Å². The number of aliphatic imine (C=N–C) groups is 2. The zero-order chi connectivity index (χ0) is 21.3. The number of anilines is 2. The van der Waals surface area contributed by atoms with Crippen LogP contribution in [0.25, 0.3) is 0 Å². The summed E-state index contributed by atoms with van der Waals surface area (Å²) in [7, 11) is 0. The maximum Gasteiger partial charge on any atom is 0.255 e. The molecule has 1 aliphatic carbocycles. The minimum absolute atomic E-state index is 0.168. The van der Waals surface area contributed by atoms with Crippen molar-refractivity contribution in [1.29, 1.82) is 0 Å². The number of amides is 1. The summed E-state index contributed by atoms with van der Waals surface area (Å²) in [6.07, 6.45) is 4.97. The van der Waals surface area contributed by atoms with Crippen LogP contribution in [0.3, 0.4) is 0 Å². The monoisotopic (exact) mass is 404 g/mol. The largest absolute Gasteiger partial charge is 0.369 e. The first kappa shape index (κ1) is 19.9. The number of guanidine groups is 2. The van der Waals surface area contributed by atoms with Crippen molar-refractivity contribution in [3.63, 3.8) is 0 Å². The highest BCUT2D eigenvalue weighted by Crippen LogP contribution is 2.39. The summed E-state index contributed by atoms with van der Waals surface area (Å²) in [4.78, 5) is 23.8. The van der Waals surface area contributed by atoms with Gasteiger partial charge in [-0.3, -0.25) is 9.69 Å². The summed E-state index contributed by atoms with van der Waals surface area (Å²) in [6.45, 7) is 4.03. The lowest BCUT2D eigenvalue weighted by Gasteiger charge is -2.45. The Balaban J connectivity index is 1.66. The molecule has 1 spiro atoms. The van der Waals surface area contributed by atoms with E-state index < -0.39 is 5.66 Å². The van der Waals surface area contributed by atoms with Crippen molar-refractivity contribution in [3.05, 3.63) is 59.2 Å². The summed E-state index contributed by atoms with van der Waals surface area (Å²) in [5.41, 5.74) is 16.1. The SMILES string of the molecule is Cc1cccc(NC(=O)c2cccc(N3C(N)=NC(N)=NC34CCCCC4)c2)c1C. The normalized spacial score (nSPS) is 18.0. The van der Waals surface area contributed by atoms with E-state index in [4.69, 9.17) is 16.5 Å². The van der Waals surface area contributed by atoms with Crippen LogP contribution in [-0.2, 0) is 0 Å². The molecule has 2 aliphatic rings. The zero-order valence-corrected chi connectivity index (χ0v) is 17.5. The van der Waals surface area contributed by atoms with Gasteiger partial charge in [-0.05, 0) is 74.9 Å². The van der Waals surface area contributed by atoms with Gasteiger partial charge in [0, 0.05) is 16.9 Å². The molecule has 0 saturated heterocycles. The van der Waals surface area contributed by atoms with Crippen LogP contribution in [0, 0.1) is 13.8 Å². The van der Waals surface area contributed by atoms with E-state index in [-0.39, 0.29) is 11.9 Å². The van der Waals surface area contributed by atoms with Crippen LogP contribution in [0.4, 0.5) is 11.4 Å². The molecule has 0 radical (unpaired) electrons. The van der Waals surface area contributed by atoms with E-state index in [2.05, 4.69) is 10.3 Å². The number of nitrogens with two attached hydrogens (primary N) is 2. The van der Waals surface area contributed by atoms with Crippen LogP contribution < -0.4 is 21.7 Å². The first-order chi connectivity index (χ1) is 14.4. The lowest BCUT2D eigenvalue weighted by Crippen LogP contribution is -2.58. The molecule has 1 amide bonds. The Morgan fingerprint density at radius 1 is 1.07 bits per heavy atom. The number of benzene rings is 2. The van der Waals surface area contributed by atoms with Crippen LogP contribution in [0.1, 0.15) is 53.6 Å².